The zero-order valence-electron chi connectivity index (χ0n) is 10.7. The molecule has 88 valence electrons. The number of hydrogen-bond donors (Lipinski definition) is 1. The zero-order valence-corrected chi connectivity index (χ0v) is 10.7. The topological polar surface area (TPSA) is 56.0 Å². The van der Waals surface area contributed by atoms with Crippen LogP contribution >= 0.6 is 0 Å². The fraction of sp³-hybridized carbons (Fsp3) is 0.538. The lowest BCUT2D eigenvalue weighted by Crippen LogP contribution is -2.11. The fourth-order valence-electron chi connectivity index (χ4n) is 1.81. The molecule has 0 saturated carbocycles. The molecule has 16 heavy (non-hydrogen) atoms. The Bertz CT molecular complexity index is 409. The van der Waals surface area contributed by atoms with Crippen LogP contribution in [0.2, 0.25) is 0 Å². The van der Waals surface area contributed by atoms with Crippen LogP contribution in [-0.4, -0.2) is 11.3 Å². The van der Waals surface area contributed by atoms with E-state index in [0.717, 1.165) is 23.2 Å². The van der Waals surface area contributed by atoms with Gasteiger partial charge in [-0.05, 0) is 24.3 Å². The molecular weight excluding hydrogens is 200 g/mol. The third kappa shape index (κ3) is 2.08. The van der Waals surface area contributed by atoms with Crippen molar-refractivity contribution in [2.75, 3.05) is 5.73 Å². The van der Waals surface area contributed by atoms with Crippen molar-refractivity contribution in [1.29, 1.82) is 0 Å². The first-order valence-electron chi connectivity index (χ1n) is 5.65. The van der Waals surface area contributed by atoms with E-state index >= 15 is 0 Å². The molecule has 0 atom stereocenters. The molecule has 3 heteroatoms. The number of carbonyl (C=O) groups is 1. The Hall–Kier alpha value is -1.38. The molecule has 1 aromatic heterocycles. The van der Waals surface area contributed by atoms with Gasteiger partial charge in [-0.1, -0.05) is 27.7 Å². The normalized spacial score (nSPS) is 11.2. The molecule has 1 heterocycles. The molecular formula is C13H20N2O. The van der Waals surface area contributed by atoms with Crippen LogP contribution in [-0.2, 0) is 0 Å². The number of pyridine rings is 1. The summed E-state index contributed by atoms with van der Waals surface area (Å²) in [5, 5.41) is 0. The van der Waals surface area contributed by atoms with Crippen LogP contribution in [0.3, 0.4) is 0 Å². The van der Waals surface area contributed by atoms with Crippen LogP contribution < -0.4 is 5.73 Å². The van der Waals surface area contributed by atoms with E-state index in [-0.39, 0.29) is 11.8 Å². The lowest BCUT2D eigenvalue weighted by molar-refractivity contribution is 0.112. The molecule has 0 aromatic carbocycles. The van der Waals surface area contributed by atoms with Gasteiger partial charge in [-0.25, -0.2) is 0 Å². The second kappa shape index (κ2) is 4.64. The molecule has 0 unspecified atom stereocenters. The van der Waals surface area contributed by atoms with Gasteiger partial charge in [0.1, 0.15) is 0 Å². The summed E-state index contributed by atoms with van der Waals surface area (Å²) < 4.78 is 0. The Kier molecular flexibility index (Phi) is 3.68. The third-order valence-corrected chi connectivity index (χ3v) is 2.81. The first kappa shape index (κ1) is 12.7. The SMILES string of the molecule is Cc1c(N)c(C(C)C)nc(C(C)C)c1C=O. The van der Waals surface area contributed by atoms with Crippen molar-refractivity contribution in [2.24, 2.45) is 0 Å². The summed E-state index contributed by atoms with van der Waals surface area (Å²) in [5.74, 6) is 0.508. The lowest BCUT2D eigenvalue weighted by Gasteiger charge is -2.17. The van der Waals surface area contributed by atoms with E-state index in [9.17, 15) is 4.79 Å². The number of nitrogen functional groups attached to an aromatic ring is 1. The Balaban J connectivity index is 3.55. The average Bonchev–Trinajstić information content (AvgIpc) is 2.20. The highest BCUT2D eigenvalue weighted by atomic mass is 16.1. The smallest absolute Gasteiger partial charge is 0.152 e. The monoisotopic (exact) mass is 220 g/mol. The minimum Gasteiger partial charge on any atom is -0.397 e. The molecule has 0 aliphatic rings. The third-order valence-electron chi connectivity index (χ3n) is 2.81. The van der Waals surface area contributed by atoms with E-state index in [1.54, 1.807) is 0 Å². The second-order valence-corrected chi connectivity index (χ2v) is 4.76. The van der Waals surface area contributed by atoms with E-state index in [2.05, 4.69) is 18.8 Å². The first-order valence-corrected chi connectivity index (χ1v) is 5.65. The van der Waals surface area contributed by atoms with E-state index in [1.807, 2.05) is 20.8 Å². The van der Waals surface area contributed by atoms with Gasteiger partial charge in [0.15, 0.2) is 6.29 Å². The van der Waals surface area contributed by atoms with Crippen LogP contribution in [0.5, 0.6) is 0 Å². The van der Waals surface area contributed by atoms with Crippen LogP contribution in [0, 0.1) is 6.92 Å². The van der Waals surface area contributed by atoms with Gasteiger partial charge < -0.3 is 5.73 Å². The molecule has 0 saturated heterocycles. The Morgan fingerprint density at radius 3 is 2.00 bits per heavy atom. The Morgan fingerprint density at radius 2 is 1.62 bits per heavy atom. The zero-order chi connectivity index (χ0) is 12.5. The molecule has 1 aromatic rings. The van der Waals surface area contributed by atoms with E-state index < -0.39 is 0 Å². The number of aromatic nitrogens is 1. The summed E-state index contributed by atoms with van der Waals surface area (Å²) in [6.45, 7) is 10.1. The van der Waals surface area contributed by atoms with Gasteiger partial charge in [0.2, 0.25) is 0 Å². The van der Waals surface area contributed by atoms with Crippen molar-refractivity contribution in [3.8, 4) is 0 Å². The van der Waals surface area contributed by atoms with Gasteiger partial charge in [-0.15, -0.1) is 0 Å². The molecule has 2 N–H and O–H groups in total. The van der Waals surface area contributed by atoms with Crippen molar-refractivity contribution < 1.29 is 4.79 Å². The summed E-state index contributed by atoms with van der Waals surface area (Å²) in [4.78, 5) is 15.6. The van der Waals surface area contributed by atoms with Gasteiger partial charge >= 0.3 is 0 Å². The van der Waals surface area contributed by atoms with Crippen LogP contribution in [0.1, 0.15) is 66.8 Å². The van der Waals surface area contributed by atoms with E-state index in [4.69, 9.17) is 5.73 Å². The van der Waals surface area contributed by atoms with Crippen molar-refractivity contribution >= 4 is 12.0 Å². The maximum Gasteiger partial charge on any atom is 0.152 e. The van der Waals surface area contributed by atoms with Gasteiger partial charge in [-0.2, -0.15) is 0 Å². The number of rotatable bonds is 3. The molecule has 0 amide bonds. The second-order valence-electron chi connectivity index (χ2n) is 4.76. The molecule has 0 aliphatic heterocycles. The van der Waals surface area contributed by atoms with Crippen molar-refractivity contribution in [1.82, 2.24) is 4.98 Å². The predicted octanol–water partition coefficient (Wildman–Crippen LogP) is 3.03. The summed E-state index contributed by atoms with van der Waals surface area (Å²) in [5.41, 5.74) is 9.92. The number of aldehydes is 1. The average molecular weight is 220 g/mol. The standard InChI is InChI=1S/C13H20N2O/c1-7(2)12-10(6-16)9(5)11(14)13(15-12)8(3)4/h6-8H,14H2,1-5H3. The number of anilines is 1. The number of nitrogens with zero attached hydrogens (tertiary/aromatic N) is 1. The maximum absolute atomic E-state index is 11.1. The van der Waals surface area contributed by atoms with Gasteiger partial charge in [-0.3, -0.25) is 9.78 Å². The van der Waals surface area contributed by atoms with Crippen LogP contribution in [0.25, 0.3) is 0 Å². The largest absolute Gasteiger partial charge is 0.397 e. The highest BCUT2D eigenvalue weighted by Crippen LogP contribution is 2.29. The van der Waals surface area contributed by atoms with Crippen molar-refractivity contribution in [3.05, 3.63) is 22.5 Å². The molecule has 0 aliphatic carbocycles. The molecule has 0 bridgehead atoms. The Morgan fingerprint density at radius 1 is 1.12 bits per heavy atom. The first-order chi connectivity index (χ1) is 7.40. The molecule has 1 rings (SSSR count). The van der Waals surface area contributed by atoms with Gasteiger partial charge in [0.25, 0.3) is 0 Å². The molecule has 0 spiro atoms. The summed E-state index contributed by atoms with van der Waals surface area (Å²) in [6, 6.07) is 0. The summed E-state index contributed by atoms with van der Waals surface area (Å²) in [6.07, 6.45) is 0.859. The lowest BCUT2D eigenvalue weighted by atomic mass is 9.95. The summed E-state index contributed by atoms with van der Waals surface area (Å²) in [7, 11) is 0. The minimum atomic E-state index is 0.233. The molecule has 0 fully saturated rings. The summed E-state index contributed by atoms with van der Waals surface area (Å²) >= 11 is 0. The minimum absolute atomic E-state index is 0.233. The van der Waals surface area contributed by atoms with Crippen LogP contribution in [0.15, 0.2) is 0 Å². The van der Waals surface area contributed by atoms with Crippen LogP contribution in [0.4, 0.5) is 5.69 Å². The quantitative estimate of drug-likeness (QED) is 0.796. The number of hydrogen-bond acceptors (Lipinski definition) is 3. The van der Waals surface area contributed by atoms with Gasteiger partial charge in [0, 0.05) is 5.56 Å². The number of nitrogens with two attached hydrogens (primary N) is 1. The maximum atomic E-state index is 11.1. The van der Waals surface area contributed by atoms with E-state index in [0.29, 0.717) is 11.3 Å². The number of carbonyl (C=O) groups excluding carboxylic acids is 1. The highest BCUT2D eigenvalue weighted by Gasteiger charge is 2.18. The van der Waals surface area contributed by atoms with Gasteiger partial charge in [0.05, 0.1) is 17.1 Å². The predicted molar refractivity (Wildman–Crippen MR) is 67.0 cm³/mol. The Labute approximate surface area is 97.1 Å². The fourth-order valence-corrected chi connectivity index (χ4v) is 1.81. The molecule has 3 nitrogen and oxygen atoms in total. The van der Waals surface area contributed by atoms with Crippen molar-refractivity contribution in [2.45, 2.75) is 46.5 Å². The highest BCUT2D eigenvalue weighted by molar-refractivity contribution is 5.82. The van der Waals surface area contributed by atoms with E-state index in [1.165, 1.54) is 0 Å². The molecule has 0 radical (unpaired) electrons. The van der Waals surface area contributed by atoms with Crippen molar-refractivity contribution in [3.63, 3.8) is 0 Å².